The lowest BCUT2D eigenvalue weighted by molar-refractivity contribution is 0.103. The molecule has 1 fully saturated rings. The number of carbonyl (C=O) groups excluding carboxylic acids is 1. The molecular formula is C21H19ClFN3O2S. The van der Waals surface area contributed by atoms with Crippen LogP contribution in [0.3, 0.4) is 0 Å². The van der Waals surface area contributed by atoms with E-state index in [1.807, 2.05) is 17.0 Å². The average Bonchev–Trinajstić information content (AvgIpc) is 3.11. The number of halogens is 2. The quantitative estimate of drug-likeness (QED) is 0.631. The van der Waals surface area contributed by atoms with E-state index in [0.29, 0.717) is 58.3 Å². The molecule has 3 aromatic rings. The molecule has 150 valence electrons. The fourth-order valence-electron chi connectivity index (χ4n) is 3.19. The number of hydrogen-bond donors (Lipinski definition) is 1. The van der Waals surface area contributed by atoms with Gasteiger partial charge in [-0.15, -0.1) is 11.3 Å². The summed E-state index contributed by atoms with van der Waals surface area (Å²) in [5, 5.41) is 4.09. The summed E-state index contributed by atoms with van der Waals surface area (Å²) in [6.45, 7) is 4.24. The molecule has 1 aliphatic rings. The molecule has 1 N–H and O–H groups in total. The Morgan fingerprint density at radius 3 is 2.76 bits per heavy atom. The molecule has 1 amide bonds. The first-order valence-corrected chi connectivity index (χ1v) is 10.4. The van der Waals surface area contributed by atoms with Gasteiger partial charge in [0.1, 0.15) is 15.7 Å². The van der Waals surface area contributed by atoms with Crippen molar-refractivity contribution < 1.29 is 13.9 Å². The minimum absolute atomic E-state index is 0.313. The van der Waals surface area contributed by atoms with Gasteiger partial charge >= 0.3 is 0 Å². The summed E-state index contributed by atoms with van der Waals surface area (Å²) in [7, 11) is 0. The van der Waals surface area contributed by atoms with Crippen LogP contribution in [0.4, 0.5) is 15.8 Å². The lowest BCUT2D eigenvalue weighted by Gasteiger charge is -2.29. The highest BCUT2D eigenvalue weighted by molar-refractivity contribution is 7.17. The zero-order chi connectivity index (χ0) is 20.4. The number of carbonyl (C=O) groups is 1. The van der Waals surface area contributed by atoms with Crippen molar-refractivity contribution in [1.29, 1.82) is 0 Å². The van der Waals surface area contributed by atoms with Gasteiger partial charge in [-0.05, 0) is 37.3 Å². The Balaban J connectivity index is 1.51. The number of aromatic nitrogens is 1. The third-order valence-electron chi connectivity index (χ3n) is 4.63. The highest BCUT2D eigenvalue weighted by atomic mass is 35.5. The molecule has 5 nitrogen and oxygen atoms in total. The molecule has 1 aliphatic heterocycles. The van der Waals surface area contributed by atoms with Crippen LogP contribution in [0, 0.1) is 12.7 Å². The Morgan fingerprint density at radius 2 is 2.03 bits per heavy atom. The molecule has 1 aromatic heterocycles. The van der Waals surface area contributed by atoms with Crippen LogP contribution < -0.4 is 10.2 Å². The fourth-order valence-corrected chi connectivity index (χ4v) is 4.33. The van der Waals surface area contributed by atoms with Crippen molar-refractivity contribution in [2.24, 2.45) is 0 Å². The molecule has 2 heterocycles. The molecule has 0 aliphatic carbocycles. The van der Waals surface area contributed by atoms with E-state index in [2.05, 4.69) is 10.3 Å². The number of hydrogen-bond acceptors (Lipinski definition) is 5. The van der Waals surface area contributed by atoms with Crippen LogP contribution in [-0.2, 0) is 4.74 Å². The lowest BCUT2D eigenvalue weighted by Crippen LogP contribution is -2.36. The fraction of sp³-hybridized carbons (Fsp3) is 0.238. The predicted octanol–water partition coefficient (Wildman–Crippen LogP) is 5.00. The lowest BCUT2D eigenvalue weighted by atomic mass is 10.2. The van der Waals surface area contributed by atoms with Crippen molar-refractivity contribution in [1.82, 2.24) is 4.98 Å². The third kappa shape index (κ3) is 4.42. The van der Waals surface area contributed by atoms with Crippen molar-refractivity contribution in [2.75, 3.05) is 36.5 Å². The van der Waals surface area contributed by atoms with Crippen LogP contribution in [-0.4, -0.2) is 37.2 Å². The standard InChI is InChI=1S/C21H19ClFN3O2S/c1-13-19(29-21(24-13)14-3-2-4-15(22)11-14)20(27)25-16-5-6-18(17(23)12-16)26-7-9-28-10-8-26/h2-6,11-12H,7-10H2,1H3,(H,25,27). The minimum atomic E-state index is -0.370. The van der Waals surface area contributed by atoms with Crippen molar-refractivity contribution in [3.63, 3.8) is 0 Å². The van der Waals surface area contributed by atoms with E-state index in [4.69, 9.17) is 16.3 Å². The van der Waals surface area contributed by atoms with Gasteiger partial charge in [0.25, 0.3) is 5.91 Å². The number of benzene rings is 2. The van der Waals surface area contributed by atoms with E-state index in [1.54, 1.807) is 31.2 Å². The molecule has 0 saturated carbocycles. The molecule has 0 bridgehead atoms. The summed E-state index contributed by atoms with van der Waals surface area (Å²) in [6.07, 6.45) is 0. The maximum absolute atomic E-state index is 14.6. The molecule has 0 unspecified atom stereocenters. The number of morpholine rings is 1. The highest BCUT2D eigenvalue weighted by Crippen LogP contribution is 2.30. The summed E-state index contributed by atoms with van der Waals surface area (Å²) < 4.78 is 19.9. The van der Waals surface area contributed by atoms with Gasteiger partial charge in [-0.1, -0.05) is 23.7 Å². The summed E-state index contributed by atoms with van der Waals surface area (Å²) >= 11 is 7.33. The van der Waals surface area contributed by atoms with E-state index in [0.717, 1.165) is 5.56 Å². The smallest absolute Gasteiger partial charge is 0.267 e. The minimum Gasteiger partial charge on any atom is -0.378 e. The first-order chi connectivity index (χ1) is 14.0. The molecule has 1 saturated heterocycles. The number of amides is 1. The zero-order valence-electron chi connectivity index (χ0n) is 15.7. The molecule has 2 aromatic carbocycles. The van der Waals surface area contributed by atoms with Crippen molar-refractivity contribution in [3.05, 3.63) is 63.9 Å². The van der Waals surface area contributed by atoms with Crippen LogP contribution in [0.5, 0.6) is 0 Å². The van der Waals surface area contributed by atoms with Crippen molar-refractivity contribution >= 4 is 40.2 Å². The van der Waals surface area contributed by atoms with Gasteiger partial charge in [-0.3, -0.25) is 4.79 Å². The number of nitrogens with one attached hydrogen (secondary N) is 1. The summed E-state index contributed by atoms with van der Waals surface area (Å²) in [5.74, 6) is -0.683. The van der Waals surface area contributed by atoms with Gasteiger partial charge in [0, 0.05) is 29.4 Å². The van der Waals surface area contributed by atoms with E-state index in [-0.39, 0.29) is 11.7 Å². The van der Waals surface area contributed by atoms with Gasteiger partial charge in [0.05, 0.1) is 24.6 Å². The van der Waals surface area contributed by atoms with Crippen molar-refractivity contribution in [2.45, 2.75) is 6.92 Å². The monoisotopic (exact) mass is 431 g/mol. The maximum Gasteiger partial charge on any atom is 0.267 e. The predicted molar refractivity (Wildman–Crippen MR) is 115 cm³/mol. The van der Waals surface area contributed by atoms with Crippen LogP contribution in [0.15, 0.2) is 42.5 Å². The molecular weight excluding hydrogens is 413 g/mol. The Bertz CT molecular complexity index is 1050. The van der Waals surface area contributed by atoms with Crippen LogP contribution >= 0.6 is 22.9 Å². The Labute approximate surface area is 177 Å². The van der Waals surface area contributed by atoms with Crippen molar-refractivity contribution in [3.8, 4) is 10.6 Å². The topological polar surface area (TPSA) is 54.5 Å². The molecule has 4 rings (SSSR count). The van der Waals surface area contributed by atoms with E-state index in [9.17, 15) is 9.18 Å². The van der Waals surface area contributed by atoms with E-state index >= 15 is 0 Å². The number of anilines is 2. The summed E-state index contributed by atoms with van der Waals surface area (Å²) in [4.78, 5) is 19.6. The normalized spacial score (nSPS) is 14.1. The second kappa shape index (κ2) is 8.49. The van der Waals surface area contributed by atoms with Crippen LogP contribution in [0.2, 0.25) is 5.02 Å². The highest BCUT2D eigenvalue weighted by Gasteiger charge is 2.19. The third-order valence-corrected chi connectivity index (χ3v) is 6.07. The van der Waals surface area contributed by atoms with Gasteiger partial charge in [0.15, 0.2) is 0 Å². The SMILES string of the molecule is Cc1nc(-c2cccc(Cl)c2)sc1C(=O)Nc1ccc(N2CCOCC2)c(F)c1. The van der Waals surface area contributed by atoms with Crippen LogP contribution in [0.25, 0.3) is 10.6 Å². The number of ether oxygens (including phenoxy) is 1. The number of rotatable bonds is 4. The summed E-state index contributed by atoms with van der Waals surface area (Å²) in [6, 6.07) is 12.1. The van der Waals surface area contributed by atoms with E-state index in [1.165, 1.54) is 17.4 Å². The molecule has 0 radical (unpaired) electrons. The van der Waals surface area contributed by atoms with Gasteiger partial charge in [-0.25, -0.2) is 9.37 Å². The largest absolute Gasteiger partial charge is 0.378 e. The Kier molecular flexibility index (Phi) is 5.80. The van der Waals surface area contributed by atoms with Gasteiger partial charge < -0.3 is 15.0 Å². The van der Waals surface area contributed by atoms with Gasteiger partial charge in [0.2, 0.25) is 0 Å². The Morgan fingerprint density at radius 1 is 1.24 bits per heavy atom. The van der Waals surface area contributed by atoms with Gasteiger partial charge in [-0.2, -0.15) is 0 Å². The number of aryl methyl sites for hydroxylation is 1. The molecule has 29 heavy (non-hydrogen) atoms. The van der Waals surface area contributed by atoms with E-state index < -0.39 is 0 Å². The zero-order valence-corrected chi connectivity index (χ0v) is 17.3. The second-order valence-electron chi connectivity index (χ2n) is 6.66. The first-order valence-electron chi connectivity index (χ1n) is 9.18. The number of thiazole rings is 1. The van der Waals surface area contributed by atoms with Crippen LogP contribution in [0.1, 0.15) is 15.4 Å². The first kappa shape index (κ1) is 19.8. The maximum atomic E-state index is 14.6. The molecule has 0 atom stereocenters. The average molecular weight is 432 g/mol. The molecule has 8 heteroatoms. The second-order valence-corrected chi connectivity index (χ2v) is 8.10. The summed E-state index contributed by atoms with van der Waals surface area (Å²) in [5.41, 5.74) is 2.39. The number of nitrogens with zero attached hydrogens (tertiary/aromatic N) is 2. The molecule has 0 spiro atoms. The Hall–Kier alpha value is -2.48.